The number of aliphatic hydroxyl groups is 1. The van der Waals surface area contributed by atoms with Crippen molar-refractivity contribution in [1.29, 1.82) is 0 Å². The molecule has 2 N–H and O–H groups in total. The first-order chi connectivity index (χ1) is 17.6. The summed E-state index contributed by atoms with van der Waals surface area (Å²) in [6.45, 7) is 7.87. The predicted octanol–water partition coefficient (Wildman–Crippen LogP) is 3.39. The van der Waals surface area contributed by atoms with Crippen LogP contribution in [0.15, 0.2) is 24.5 Å². The van der Waals surface area contributed by atoms with Gasteiger partial charge in [0.25, 0.3) is 5.91 Å². The summed E-state index contributed by atoms with van der Waals surface area (Å²) in [5.41, 5.74) is 4.39. The Balaban J connectivity index is 1.49. The number of aliphatic hydroxyl groups excluding tert-OH is 1. The number of benzene rings is 1. The van der Waals surface area contributed by atoms with Crippen LogP contribution in [0.25, 0.3) is 21.5 Å². The summed E-state index contributed by atoms with van der Waals surface area (Å²) in [6.07, 6.45) is 2.24. The molecule has 0 aliphatic carbocycles. The van der Waals surface area contributed by atoms with Gasteiger partial charge in [0.15, 0.2) is 0 Å². The predicted molar refractivity (Wildman–Crippen MR) is 143 cm³/mol. The Morgan fingerprint density at radius 3 is 2.84 bits per heavy atom. The number of aromatic nitrogens is 2. The highest BCUT2D eigenvalue weighted by molar-refractivity contribution is 7.19. The second kappa shape index (κ2) is 10.3. The molecule has 2 aliphatic heterocycles. The molecule has 9 nitrogen and oxygen atoms in total. The number of rotatable bonds is 7. The number of thiophene rings is 1. The summed E-state index contributed by atoms with van der Waals surface area (Å²) >= 11 is 7.98. The molecule has 0 bridgehead atoms. The van der Waals surface area contributed by atoms with Gasteiger partial charge in [-0.2, -0.15) is 0 Å². The monoisotopic (exact) mass is 543 g/mol. The number of imide groups is 1. The fourth-order valence-corrected chi connectivity index (χ4v) is 6.41. The van der Waals surface area contributed by atoms with Gasteiger partial charge in [-0.3, -0.25) is 9.69 Å². The molecule has 3 amide bonds. The van der Waals surface area contributed by atoms with Crippen molar-refractivity contribution in [2.45, 2.75) is 45.4 Å². The summed E-state index contributed by atoms with van der Waals surface area (Å²) in [6, 6.07) is 5.41. The van der Waals surface area contributed by atoms with E-state index in [1.54, 1.807) is 0 Å². The minimum Gasteiger partial charge on any atom is -0.395 e. The number of nitrogens with one attached hydrogen (secondary N) is 1. The van der Waals surface area contributed by atoms with Gasteiger partial charge >= 0.3 is 6.03 Å². The molecular formula is C26H30ClN5O4S. The average Bonchev–Trinajstić information content (AvgIpc) is 3.36. The number of fused-ring (bicyclic) bond motifs is 1. The van der Waals surface area contributed by atoms with Gasteiger partial charge in [-0.05, 0) is 50.1 Å². The van der Waals surface area contributed by atoms with Crippen LogP contribution in [0.4, 0.5) is 4.79 Å². The van der Waals surface area contributed by atoms with Gasteiger partial charge in [-0.1, -0.05) is 11.6 Å². The van der Waals surface area contributed by atoms with Crippen molar-refractivity contribution >= 4 is 45.1 Å². The number of hydrogen-bond acceptors (Lipinski definition) is 8. The molecule has 1 unspecified atom stereocenters. The molecule has 2 aliphatic rings. The lowest BCUT2D eigenvalue weighted by molar-refractivity contribution is -0.125. The molecule has 0 saturated carbocycles. The van der Waals surface area contributed by atoms with E-state index in [1.807, 2.05) is 25.1 Å². The summed E-state index contributed by atoms with van der Waals surface area (Å²) in [7, 11) is 0. The number of halogens is 1. The highest BCUT2D eigenvalue weighted by atomic mass is 35.5. The number of morpholine rings is 1. The molecule has 37 heavy (non-hydrogen) atoms. The molecule has 0 spiro atoms. The topological polar surface area (TPSA) is 108 Å². The molecule has 2 saturated heterocycles. The Kier molecular flexibility index (Phi) is 7.21. The molecule has 5 rings (SSSR count). The van der Waals surface area contributed by atoms with Crippen molar-refractivity contribution in [3.05, 3.63) is 45.6 Å². The van der Waals surface area contributed by atoms with Crippen molar-refractivity contribution in [3.63, 3.8) is 0 Å². The van der Waals surface area contributed by atoms with Gasteiger partial charge < -0.3 is 20.1 Å². The number of carbonyl (C=O) groups excluding carboxylic acids is 2. The van der Waals surface area contributed by atoms with Crippen LogP contribution in [0.1, 0.15) is 29.9 Å². The fraction of sp³-hybridized carbons (Fsp3) is 0.462. The lowest BCUT2D eigenvalue weighted by Crippen LogP contribution is -2.51. The van der Waals surface area contributed by atoms with Gasteiger partial charge in [0, 0.05) is 41.5 Å². The normalized spacial score (nSPS) is 19.9. The van der Waals surface area contributed by atoms with Gasteiger partial charge in [0.1, 0.15) is 12.9 Å². The number of urea groups is 1. The Morgan fingerprint density at radius 2 is 2.08 bits per heavy atom. The standard InChI is InChI=1S/C26H30ClN5O4S/c1-15-6-16(27)7-20(19(15)8-17-10-28-13-26(2,3)36-17)23-24-21(29-14-30-23)9-18(37-24)11-32-22(34)12-31(4-5-33)25(32)35/h6-7,9,14,17,28,33H,4-5,8,10-13H2,1-3H3. The van der Waals surface area contributed by atoms with Crippen molar-refractivity contribution in [2.24, 2.45) is 0 Å². The number of carbonyl (C=O) groups is 2. The molecule has 3 aromatic rings. The number of aryl methyl sites for hydroxylation is 1. The van der Waals surface area contributed by atoms with Gasteiger partial charge in [-0.25, -0.2) is 14.8 Å². The fourth-order valence-electron chi connectivity index (χ4n) is 5.04. The largest absolute Gasteiger partial charge is 0.395 e. The number of nitrogens with zero attached hydrogens (tertiary/aromatic N) is 4. The molecule has 2 fully saturated rings. The summed E-state index contributed by atoms with van der Waals surface area (Å²) < 4.78 is 7.22. The Morgan fingerprint density at radius 1 is 1.27 bits per heavy atom. The van der Waals surface area contributed by atoms with Crippen LogP contribution >= 0.6 is 22.9 Å². The second-order valence-electron chi connectivity index (χ2n) is 10.1. The Hall–Kier alpha value is -2.63. The maximum absolute atomic E-state index is 12.6. The summed E-state index contributed by atoms with van der Waals surface area (Å²) in [5, 5.41) is 13.3. The molecule has 196 valence electrons. The third-order valence-electron chi connectivity index (χ3n) is 6.71. The first-order valence-electron chi connectivity index (χ1n) is 12.3. The minimum absolute atomic E-state index is 0.00709. The van der Waals surface area contributed by atoms with E-state index in [-0.39, 0.29) is 49.9 Å². The van der Waals surface area contributed by atoms with E-state index in [0.717, 1.165) is 50.6 Å². The van der Waals surface area contributed by atoms with E-state index in [0.29, 0.717) is 11.4 Å². The van der Waals surface area contributed by atoms with E-state index in [2.05, 4.69) is 29.1 Å². The van der Waals surface area contributed by atoms with Crippen molar-refractivity contribution < 1.29 is 19.4 Å². The van der Waals surface area contributed by atoms with E-state index >= 15 is 0 Å². The van der Waals surface area contributed by atoms with E-state index < -0.39 is 0 Å². The van der Waals surface area contributed by atoms with Crippen LogP contribution in [-0.2, 0) is 22.5 Å². The van der Waals surface area contributed by atoms with E-state index in [4.69, 9.17) is 16.3 Å². The molecule has 1 aromatic carbocycles. The molecule has 4 heterocycles. The average molecular weight is 544 g/mol. The number of ether oxygens (including phenoxy) is 1. The summed E-state index contributed by atoms with van der Waals surface area (Å²) in [4.78, 5) is 37.6. The van der Waals surface area contributed by atoms with Gasteiger partial charge in [-0.15, -0.1) is 11.3 Å². The highest BCUT2D eigenvalue weighted by Gasteiger charge is 2.36. The number of hydrogen-bond donors (Lipinski definition) is 2. The third-order valence-corrected chi connectivity index (χ3v) is 8.04. The van der Waals surface area contributed by atoms with Crippen molar-refractivity contribution in [3.8, 4) is 11.3 Å². The van der Waals surface area contributed by atoms with Crippen LogP contribution in [-0.4, -0.2) is 81.3 Å². The minimum atomic E-state index is -0.389. The molecule has 11 heteroatoms. The second-order valence-corrected chi connectivity index (χ2v) is 11.7. The lowest BCUT2D eigenvalue weighted by atomic mass is 9.93. The Bertz CT molecular complexity index is 1360. The van der Waals surface area contributed by atoms with Crippen LogP contribution in [0.3, 0.4) is 0 Å². The summed E-state index contributed by atoms with van der Waals surface area (Å²) in [5.74, 6) is -0.279. The first kappa shape index (κ1) is 26.0. The third kappa shape index (κ3) is 5.35. The zero-order valence-electron chi connectivity index (χ0n) is 21.1. The van der Waals surface area contributed by atoms with Crippen LogP contribution in [0, 0.1) is 6.92 Å². The maximum atomic E-state index is 12.6. The SMILES string of the molecule is Cc1cc(Cl)cc(-c2ncnc3cc(CN4C(=O)CN(CCO)C4=O)sc23)c1CC1CNCC(C)(C)O1. The highest BCUT2D eigenvalue weighted by Crippen LogP contribution is 2.38. The van der Waals surface area contributed by atoms with Crippen molar-refractivity contribution in [1.82, 2.24) is 25.1 Å². The molecule has 1 atom stereocenters. The van der Waals surface area contributed by atoms with E-state index in [9.17, 15) is 14.7 Å². The molecule has 2 aromatic heterocycles. The van der Waals surface area contributed by atoms with Crippen LogP contribution in [0.5, 0.6) is 0 Å². The maximum Gasteiger partial charge on any atom is 0.327 e. The smallest absolute Gasteiger partial charge is 0.327 e. The van der Waals surface area contributed by atoms with Crippen molar-refractivity contribution in [2.75, 3.05) is 32.8 Å². The van der Waals surface area contributed by atoms with Gasteiger partial charge in [0.05, 0.1) is 40.8 Å². The molecule has 0 radical (unpaired) electrons. The van der Waals surface area contributed by atoms with Crippen LogP contribution in [0.2, 0.25) is 5.02 Å². The number of amides is 3. The van der Waals surface area contributed by atoms with Crippen LogP contribution < -0.4 is 5.32 Å². The zero-order chi connectivity index (χ0) is 26.3. The van der Waals surface area contributed by atoms with E-state index in [1.165, 1.54) is 27.5 Å². The first-order valence-corrected chi connectivity index (χ1v) is 13.5. The quantitative estimate of drug-likeness (QED) is 0.440. The van der Waals surface area contributed by atoms with Gasteiger partial charge in [0.2, 0.25) is 0 Å². The zero-order valence-corrected chi connectivity index (χ0v) is 22.7. The Labute approximate surface area is 224 Å². The number of β-amino-alcohol motifs (C(OH)–C–C–N with tert-alkyl or cyclic N) is 1. The lowest BCUT2D eigenvalue weighted by Gasteiger charge is -2.37. The molecular weight excluding hydrogens is 514 g/mol.